The highest BCUT2D eigenvalue weighted by molar-refractivity contribution is 6.00. The third-order valence-corrected chi connectivity index (χ3v) is 5.16. The highest BCUT2D eigenvalue weighted by Crippen LogP contribution is 2.36. The van der Waals surface area contributed by atoms with Crippen molar-refractivity contribution in [1.29, 1.82) is 0 Å². The Labute approximate surface area is 161 Å². The van der Waals surface area contributed by atoms with Crippen molar-refractivity contribution < 1.29 is 33.7 Å². The maximum absolute atomic E-state index is 12.9. The fourth-order valence-electron chi connectivity index (χ4n) is 3.85. The highest BCUT2D eigenvalue weighted by atomic mass is 16.6. The molecule has 0 bridgehead atoms. The molecule has 0 saturated carbocycles. The van der Waals surface area contributed by atoms with Crippen LogP contribution in [0, 0.1) is 5.92 Å². The fraction of sp³-hybridized carbons (Fsp3) is 0.526. The Balaban J connectivity index is 1.47. The van der Waals surface area contributed by atoms with Crippen LogP contribution >= 0.6 is 0 Å². The summed E-state index contributed by atoms with van der Waals surface area (Å²) in [5.41, 5.74) is 0.656. The van der Waals surface area contributed by atoms with Gasteiger partial charge in [0.2, 0.25) is 11.8 Å². The maximum Gasteiger partial charge on any atom is 0.334 e. The molecule has 0 aliphatic carbocycles. The van der Waals surface area contributed by atoms with E-state index in [1.54, 1.807) is 30.0 Å². The third-order valence-electron chi connectivity index (χ3n) is 5.16. The molecule has 2 unspecified atom stereocenters. The number of ether oxygens (including phenoxy) is 3. The van der Waals surface area contributed by atoms with E-state index in [1.165, 1.54) is 4.90 Å². The lowest BCUT2D eigenvalue weighted by Crippen LogP contribution is -2.53. The number of hydrogen-bond donors (Lipinski definition) is 1. The number of amides is 2. The van der Waals surface area contributed by atoms with Crippen LogP contribution in [0.1, 0.15) is 13.3 Å². The normalized spacial score (nSPS) is 27.0. The summed E-state index contributed by atoms with van der Waals surface area (Å²) in [6.45, 7) is 3.23. The van der Waals surface area contributed by atoms with Gasteiger partial charge in [0.1, 0.15) is 13.2 Å². The monoisotopic (exact) mass is 390 g/mol. The number of hydrogen-bond acceptors (Lipinski definition) is 6. The van der Waals surface area contributed by atoms with Crippen LogP contribution in [-0.4, -0.2) is 72.8 Å². The van der Waals surface area contributed by atoms with Crippen molar-refractivity contribution in [1.82, 2.24) is 4.90 Å². The first kappa shape index (κ1) is 18.5. The number of morpholine rings is 1. The van der Waals surface area contributed by atoms with Gasteiger partial charge in [-0.05, 0) is 19.1 Å². The second-order valence-electron chi connectivity index (χ2n) is 7.25. The molecule has 3 atom stereocenters. The summed E-state index contributed by atoms with van der Waals surface area (Å²) in [5, 5.41) is 9.20. The Kier molecular flexibility index (Phi) is 4.84. The quantitative estimate of drug-likeness (QED) is 0.802. The zero-order chi connectivity index (χ0) is 19.8. The molecule has 28 heavy (non-hydrogen) atoms. The standard InChI is InChI=1S/C19H22N2O7/c1-11-8-20(10-16(28-11)19(24)25)18(23)12-6-17(22)21(9-12)13-2-3-14-15(7-13)27-5-4-26-14/h2-3,7,11-12,16H,4-6,8-10H2,1H3,(H,24,25)/t11-,12?,16?/m1/s1. The molecule has 0 spiro atoms. The van der Waals surface area contributed by atoms with E-state index in [1.807, 2.05) is 0 Å². The van der Waals surface area contributed by atoms with Gasteiger partial charge in [-0.3, -0.25) is 9.59 Å². The summed E-state index contributed by atoms with van der Waals surface area (Å²) in [5.74, 6) is -0.750. The predicted octanol–water partition coefficient (Wildman–Crippen LogP) is 0.511. The molecule has 2 amide bonds. The van der Waals surface area contributed by atoms with E-state index in [0.29, 0.717) is 36.9 Å². The van der Waals surface area contributed by atoms with Gasteiger partial charge in [0.05, 0.1) is 18.6 Å². The van der Waals surface area contributed by atoms with E-state index in [2.05, 4.69) is 0 Å². The van der Waals surface area contributed by atoms with Gasteiger partial charge < -0.3 is 29.1 Å². The summed E-state index contributed by atoms with van der Waals surface area (Å²) in [7, 11) is 0. The molecule has 9 nitrogen and oxygen atoms in total. The minimum atomic E-state index is -1.09. The Morgan fingerprint density at radius 3 is 2.61 bits per heavy atom. The number of carboxylic acid groups (broad SMARTS) is 1. The second-order valence-corrected chi connectivity index (χ2v) is 7.25. The first-order chi connectivity index (χ1) is 13.4. The molecule has 9 heteroatoms. The summed E-state index contributed by atoms with van der Waals surface area (Å²) in [6.07, 6.45) is -1.32. The van der Waals surface area contributed by atoms with Crippen LogP contribution < -0.4 is 14.4 Å². The molecule has 0 aromatic heterocycles. The van der Waals surface area contributed by atoms with Crippen LogP contribution in [0.5, 0.6) is 11.5 Å². The van der Waals surface area contributed by atoms with E-state index in [4.69, 9.17) is 14.2 Å². The minimum Gasteiger partial charge on any atom is -0.486 e. The van der Waals surface area contributed by atoms with Gasteiger partial charge in [0.15, 0.2) is 17.6 Å². The lowest BCUT2D eigenvalue weighted by Gasteiger charge is -2.36. The van der Waals surface area contributed by atoms with E-state index in [-0.39, 0.29) is 37.4 Å². The van der Waals surface area contributed by atoms with Gasteiger partial charge in [-0.1, -0.05) is 0 Å². The SMILES string of the molecule is C[C@@H]1CN(C(=O)C2CC(=O)N(c3ccc4c(c3)OCCO4)C2)CC(C(=O)O)O1. The minimum absolute atomic E-state index is 0.00673. The maximum atomic E-state index is 12.9. The molecule has 0 radical (unpaired) electrons. The van der Waals surface area contributed by atoms with Crippen molar-refractivity contribution >= 4 is 23.5 Å². The van der Waals surface area contributed by atoms with Crippen LogP contribution in [0.4, 0.5) is 5.69 Å². The van der Waals surface area contributed by atoms with E-state index in [0.717, 1.165) is 0 Å². The Morgan fingerprint density at radius 1 is 1.11 bits per heavy atom. The smallest absolute Gasteiger partial charge is 0.334 e. The van der Waals surface area contributed by atoms with E-state index in [9.17, 15) is 19.5 Å². The molecule has 2 fully saturated rings. The second kappa shape index (κ2) is 7.31. The molecule has 3 aliphatic rings. The van der Waals surface area contributed by atoms with Crippen LogP contribution in [0.2, 0.25) is 0 Å². The number of nitrogens with zero attached hydrogens (tertiary/aromatic N) is 2. The Bertz CT molecular complexity index is 811. The number of benzene rings is 1. The summed E-state index contributed by atoms with van der Waals surface area (Å²) >= 11 is 0. The van der Waals surface area contributed by atoms with Crippen molar-refractivity contribution in [2.45, 2.75) is 25.6 Å². The van der Waals surface area contributed by atoms with Crippen LogP contribution in [0.15, 0.2) is 18.2 Å². The van der Waals surface area contributed by atoms with Crippen LogP contribution in [0.25, 0.3) is 0 Å². The first-order valence-corrected chi connectivity index (χ1v) is 9.29. The van der Waals surface area contributed by atoms with E-state index < -0.39 is 18.0 Å². The van der Waals surface area contributed by atoms with Gasteiger partial charge in [0.25, 0.3) is 0 Å². The molecular weight excluding hydrogens is 368 g/mol. The van der Waals surface area contributed by atoms with Crippen molar-refractivity contribution in [3.8, 4) is 11.5 Å². The van der Waals surface area contributed by atoms with Crippen molar-refractivity contribution in [3.63, 3.8) is 0 Å². The molecule has 4 rings (SSSR count). The van der Waals surface area contributed by atoms with Crippen LogP contribution in [-0.2, 0) is 19.1 Å². The van der Waals surface area contributed by atoms with Gasteiger partial charge in [-0.15, -0.1) is 0 Å². The molecular formula is C19H22N2O7. The highest BCUT2D eigenvalue weighted by Gasteiger charge is 2.40. The number of carbonyl (C=O) groups excluding carboxylic acids is 2. The average Bonchev–Trinajstić information content (AvgIpc) is 3.08. The Morgan fingerprint density at radius 2 is 1.86 bits per heavy atom. The number of carbonyl (C=O) groups is 3. The lowest BCUT2D eigenvalue weighted by molar-refractivity contribution is -0.167. The number of anilines is 1. The molecule has 1 aromatic rings. The number of carboxylic acids is 1. The Hall–Kier alpha value is -2.81. The summed E-state index contributed by atoms with van der Waals surface area (Å²) in [4.78, 5) is 39.8. The molecule has 2 saturated heterocycles. The zero-order valence-corrected chi connectivity index (χ0v) is 15.5. The average molecular weight is 390 g/mol. The molecule has 3 heterocycles. The molecule has 1 N–H and O–H groups in total. The first-order valence-electron chi connectivity index (χ1n) is 9.29. The summed E-state index contributed by atoms with van der Waals surface area (Å²) in [6, 6.07) is 5.28. The zero-order valence-electron chi connectivity index (χ0n) is 15.5. The predicted molar refractivity (Wildman–Crippen MR) is 96.4 cm³/mol. The third kappa shape index (κ3) is 3.49. The number of fused-ring (bicyclic) bond motifs is 1. The van der Waals surface area contributed by atoms with Gasteiger partial charge >= 0.3 is 5.97 Å². The van der Waals surface area contributed by atoms with Crippen molar-refractivity contribution in [2.24, 2.45) is 5.92 Å². The number of aliphatic carboxylic acids is 1. The van der Waals surface area contributed by atoms with Crippen LogP contribution in [0.3, 0.4) is 0 Å². The lowest BCUT2D eigenvalue weighted by atomic mass is 10.1. The molecule has 150 valence electrons. The van der Waals surface area contributed by atoms with Crippen molar-refractivity contribution in [2.75, 3.05) is 37.7 Å². The molecule has 1 aromatic carbocycles. The van der Waals surface area contributed by atoms with Crippen molar-refractivity contribution in [3.05, 3.63) is 18.2 Å². The van der Waals surface area contributed by atoms with Gasteiger partial charge in [-0.25, -0.2) is 4.79 Å². The molecule has 3 aliphatic heterocycles. The van der Waals surface area contributed by atoms with Gasteiger partial charge in [-0.2, -0.15) is 0 Å². The fourth-order valence-corrected chi connectivity index (χ4v) is 3.85. The topological polar surface area (TPSA) is 106 Å². The number of rotatable bonds is 3. The summed E-state index contributed by atoms with van der Waals surface area (Å²) < 4.78 is 16.4. The van der Waals surface area contributed by atoms with E-state index >= 15 is 0 Å². The largest absolute Gasteiger partial charge is 0.486 e. The van der Waals surface area contributed by atoms with Gasteiger partial charge in [0, 0.05) is 31.3 Å².